The predicted molar refractivity (Wildman–Crippen MR) is 129 cm³/mol. The molecule has 0 fully saturated rings. The lowest BCUT2D eigenvalue weighted by Crippen LogP contribution is -2.15. The number of thioether (sulfide) groups is 2. The number of aryl methyl sites for hydroxylation is 2. The Hall–Kier alpha value is -3.04. The average molecular weight is 485 g/mol. The quantitative estimate of drug-likeness (QED) is 0.248. The number of anilines is 1. The molecule has 0 saturated heterocycles. The first-order valence-electron chi connectivity index (χ1n) is 10.1. The molecule has 1 aromatic heterocycles. The van der Waals surface area contributed by atoms with Crippen LogP contribution in [0.5, 0.6) is 0 Å². The molecule has 7 nitrogen and oxygen atoms in total. The topological polar surface area (TPSA) is 98.5 Å². The van der Waals surface area contributed by atoms with Gasteiger partial charge in [0.25, 0.3) is 0 Å². The SMILES string of the molecule is CSc1ccc(C(=O)COC(=O)c2ccccc2SCc2c(C)noc2C)cc1NC(C)=O. The molecule has 172 valence electrons. The van der Waals surface area contributed by atoms with Crippen LogP contribution in [0, 0.1) is 13.8 Å². The van der Waals surface area contributed by atoms with Gasteiger partial charge in [0, 0.05) is 33.6 Å². The van der Waals surface area contributed by atoms with Gasteiger partial charge in [0.1, 0.15) is 5.76 Å². The summed E-state index contributed by atoms with van der Waals surface area (Å²) in [6, 6.07) is 12.1. The Kier molecular flexibility index (Phi) is 8.35. The molecule has 0 bridgehead atoms. The van der Waals surface area contributed by atoms with Gasteiger partial charge in [-0.15, -0.1) is 23.5 Å². The number of ether oxygens (including phenoxy) is 1. The Bertz CT molecular complexity index is 1170. The number of nitrogens with zero attached hydrogens (tertiary/aromatic N) is 1. The number of aromatic nitrogens is 1. The average Bonchev–Trinajstić information content (AvgIpc) is 3.12. The van der Waals surface area contributed by atoms with Crippen LogP contribution in [0.3, 0.4) is 0 Å². The molecule has 2 aromatic carbocycles. The minimum absolute atomic E-state index is 0.230. The highest BCUT2D eigenvalue weighted by molar-refractivity contribution is 7.99. The largest absolute Gasteiger partial charge is 0.454 e. The second kappa shape index (κ2) is 11.2. The summed E-state index contributed by atoms with van der Waals surface area (Å²) in [5, 5.41) is 6.67. The van der Waals surface area contributed by atoms with Crippen LogP contribution in [0.25, 0.3) is 0 Å². The molecule has 0 aliphatic rings. The molecule has 0 spiro atoms. The van der Waals surface area contributed by atoms with E-state index in [1.165, 1.54) is 30.4 Å². The van der Waals surface area contributed by atoms with Gasteiger partial charge >= 0.3 is 5.97 Å². The predicted octanol–water partition coefficient (Wildman–Crippen LogP) is 5.30. The van der Waals surface area contributed by atoms with E-state index in [1.54, 1.807) is 30.3 Å². The first-order chi connectivity index (χ1) is 15.8. The zero-order valence-electron chi connectivity index (χ0n) is 18.8. The van der Waals surface area contributed by atoms with Crippen LogP contribution < -0.4 is 5.32 Å². The number of Topliss-reactive ketones (excluding diaryl/α,β-unsaturated/α-hetero) is 1. The van der Waals surface area contributed by atoms with E-state index in [9.17, 15) is 14.4 Å². The highest BCUT2D eigenvalue weighted by Crippen LogP contribution is 2.30. The number of amides is 1. The van der Waals surface area contributed by atoms with E-state index in [1.807, 2.05) is 32.2 Å². The third-order valence-electron chi connectivity index (χ3n) is 4.83. The molecule has 1 amide bonds. The van der Waals surface area contributed by atoms with Crippen molar-refractivity contribution < 1.29 is 23.6 Å². The van der Waals surface area contributed by atoms with Crippen LogP contribution in [-0.2, 0) is 15.3 Å². The van der Waals surface area contributed by atoms with Crippen molar-refractivity contribution in [1.82, 2.24) is 5.16 Å². The van der Waals surface area contributed by atoms with Gasteiger partial charge in [0.05, 0.1) is 16.9 Å². The van der Waals surface area contributed by atoms with Crippen LogP contribution in [0.2, 0.25) is 0 Å². The first kappa shape index (κ1) is 24.6. The highest BCUT2D eigenvalue weighted by atomic mass is 32.2. The smallest absolute Gasteiger partial charge is 0.339 e. The lowest BCUT2D eigenvalue weighted by Gasteiger charge is -2.11. The van der Waals surface area contributed by atoms with Crippen LogP contribution in [0.1, 0.15) is 44.7 Å². The Morgan fingerprint density at radius 1 is 1.09 bits per heavy atom. The molecule has 3 aromatic rings. The summed E-state index contributed by atoms with van der Waals surface area (Å²) in [5.41, 5.74) is 3.09. The van der Waals surface area contributed by atoms with Gasteiger partial charge in [-0.1, -0.05) is 23.4 Å². The molecule has 1 heterocycles. The second-order valence-corrected chi connectivity index (χ2v) is 9.05. The maximum Gasteiger partial charge on any atom is 0.339 e. The van der Waals surface area contributed by atoms with Crippen molar-refractivity contribution in [2.24, 2.45) is 0 Å². The molecular formula is C24H24N2O5S2. The summed E-state index contributed by atoms with van der Waals surface area (Å²) in [5.74, 6) is 0.179. The number of ketones is 1. The number of benzene rings is 2. The maximum atomic E-state index is 12.7. The van der Waals surface area contributed by atoms with E-state index in [-0.39, 0.29) is 11.7 Å². The maximum absolute atomic E-state index is 12.7. The van der Waals surface area contributed by atoms with Crippen molar-refractivity contribution in [2.75, 3.05) is 18.2 Å². The first-order valence-corrected chi connectivity index (χ1v) is 12.3. The summed E-state index contributed by atoms with van der Waals surface area (Å²) < 4.78 is 10.5. The number of hydrogen-bond acceptors (Lipinski definition) is 8. The fourth-order valence-electron chi connectivity index (χ4n) is 3.08. The fraction of sp³-hybridized carbons (Fsp3) is 0.250. The minimum atomic E-state index is -0.576. The van der Waals surface area contributed by atoms with Crippen molar-refractivity contribution in [2.45, 2.75) is 36.3 Å². The molecule has 0 aliphatic carbocycles. The van der Waals surface area contributed by atoms with E-state index in [2.05, 4.69) is 10.5 Å². The van der Waals surface area contributed by atoms with Crippen molar-refractivity contribution in [3.8, 4) is 0 Å². The van der Waals surface area contributed by atoms with Crippen LogP contribution in [-0.4, -0.2) is 35.7 Å². The third kappa shape index (κ3) is 6.27. The zero-order valence-corrected chi connectivity index (χ0v) is 20.4. The molecule has 9 heteroatoms. The van der Waals surface area contributed by atoms with Crippen molar-refractivity contribution in [3.05, 3.63) is 70.6 Å². The Morgan fingerprint density at radius 2 is 1.85 bits per heavy atom. The van der Waals surface area contributed by atoms with Crippen molar-refractivity contribution >= 4 is 46.9 Å². The van der Waals surface area contributed by atoms with Gasteiger partial charge in [-0.05, 0) is 44.4 Å². The lowest BCUT2D eigenvalue weighted by molar-refractivity contribution is -0.114. The Labute approximate surface area is 200 Å². The van der Waals surface area contributed by atoms with Crippen molar-refractivity contribution in [3.63, 3.8) is 0 Å². The summed E-state index contributed by atoms with van der Waals surface area (Å²) in [6.45, 7) is 4.73. The number of hydrogen-bond donors (Lipinski definition) is 1. The van der Waals surface area contributed by atoms with E-state index in [0.29, 0.717) is 22.6 Å². The lowest BCUT2D eigenvalue weighted by atomic mass is 10.1. The normalized spacial score (nSPS) is 10.7. The van der Waals surface area contributed by atoms with E-state index >= 15 is 0 Å². The van der Waals surface area contributed by atoms with Crippen LogP contribution in [0.4, 0.5) is 5.69 Å². The van der Waals surface area contributed by atoms with Gasteiger partial charge in [0.15, 0.2) is 12.4 Å². The molecule has 0 unspecified atom stereocenters. The van der Waals surface area contributed by atoms with E-state index in [0.717, 1.165) is 26.8 Å². The van der Waals surface area contributed by atoms with Gasteiger partial charge in [-0.25, -0.2) is 4.79 Å². The minimum Gasteiger partial charge on any atom is -0.454 e. The monoisotopic (exact) mass is 484 g/mol. The van der Waals surface area contributed by atoms with Crippen LogP contribution >= 0.6 is 23.5 Å². The van der Waals surface area contributed by atoms with E-state index < -0.39 is 12.6 Å². The number of esters is 1. The number of nitrogens with one attached hydrogen (secondary N) is 1. The van der Waals surface area contributed by atoms with Crippen molar-refractivity contribution in [1.29, 1.82) is 0 Å². The molecule has 0 saturated carbocycles. The molecule has 1 N–H and O–H groups in total. The van der Waals surface area contributed by atoms with Crippen LogP contribution in [0.15, 0.2) is 56.8 Å². The van der Waals surface area contributed by atoms with Gasteiger partial charge in [-0.3, -0.25) is 9.59 Å². The summed E-state index contributed by atoms with van der Waals surface area (Å²) in [4.78, 5) is 38.4. The van der Waals surface area contributed by atoms with Gasteiger partial charge in [0.2, 0.25) is 5.91 Å². The van der Waals surface area contributed by atoms with Gasteiger partial charge in [-0.2, -0.15) is 0 Å². The summed E-state index contributed by atoms with van der Waals surface area (Å²) >= 11 is 2.93. The Morgan fingerprint density at radius 3 is 2.52 bits per heavy atom. The number of carbonyl (C=O) groups is 3. The Balaban J connectivity index is 1.67. The number of carbonyl (C=O) groups excluding carboxylic acids is 3. The molecule has 3 rings (SSSR count). The fourth-order valence-corrected chi connectivity index (χ4v) is 4.81. The molecule has 0 aliphatic heterocycles. The summed E-state index contributed by atoms with van der Waals surface area (Å²) in [6.07, 6.45) is 1.88. The van der Waals surface area contributed by atoms with E-state index in [4.69, 9.17) is 9.26 Å². The standard InChI is InChI=1S/C24H24N2O5S2/c1-14-19(15(2)31-26-14)13-33-22-8-6-5-7-18(22)24(29)30-12-21(28)17-9-10-23(32-4)20(11-17)25-16(3)27/h5-11H,12-13H2,1-4H3,(H,25,27). The highest BCUT2D eigenvalue weighted by Gasteiger charge is 2.18. The number of rotatable bonds is 9. The molecule has 0 atom stereocenters. The molecular weight excluding hydrogens is 460 g/mol. The summed E-state index contributed by atoms with van der Waals surface area (Å²) in [7, 11) is 0. The third-order valence-corrected chi connectivity index (χ3v) is 6.72. The van der Waals surface area contributed by atoms with Gasteiger partial charge < -0.3 is 14.6 Å². The molecule has 0 radical (unpaired) electrons. The molecule has 33 heavy (non-hydrogen) atoms. The second-order valence-electron chi connectivity index (χ2n) is 7.18. The zero-order chi connectivity index (χ0) is 24.0.